The number of rotatable bonds is 6. The fraction of sp³-hybridized carbons (Fsp3) is 0.391. The molecule has 5 atom stereocenters. The van der Waals surface area contributed by atoms with E-state index in [0.717, 1.165) is 12.8 Å². The van der Waals surface area contributed by atoms with E-state index in [9.17, 15) is 9.18 Å². The molecule has 7 nitrogen and oxygen atoms in total. The van der Waals surface area contributed by atoms with Gasteiger partial charge in [0.1, 0.15) is 18.2 Å². The lowest BCUT2D eigenvalue weighted by molar-refractivity contribution is 0.0929. The van der Waals surface area contributed by atoms with Crippen LogP contribution in [0.1, 0.15) is 30.1 Å². The highest BCUT2D eigenvalue weighted by Gasteiger charge is 2.58. The molecule has 2 saturated carbocycles. The number of hydrogen-bond donors (Lipinski definition) is 1. The monoisotopic (exact) mass is 422 g/mol. The molecule has 3 unspecified atom stereocenters. The van der Waals surface area contributed by atoms with Gasteiger partial charge in [-0.1, -0.05) is 0 Å². The summed E-state index contributed by atoms with van der Waals surface area (Å²) in [6, 6.07) is 7.88. The molecule has 160 valence electrons. The maximum absolute atomic E-state index is 13.6. The van der Waals surface area contributed by atoms with Crippen LogP contribution in [0.15, 0.2) is 42.9 Å². The fourth-order valence-corrected chi connectivity index (χ4v) is 4.96. The lowest BCUT2D eigenvalue weighted by Gasteiger charge is -2.20. The number of carbonyl (C=O) groups excluding carboxylic acids is 1. The van der Waals surface area contributed by atoms with Crippen molar-refractivity contribution in [3.05, 3.63) is 54.2 Å². The number of methoxy groups -OCH3 is 1. The quantitative estimate of drug-likeness (QED) is 0.655. The average Bonchev–Trinajstić information content (AvgIpc) is 3.29. The van der Waals surface area contributed by atoms with Crippen LogP contribution in [0.5, 0.6) is 11.8 Å². The Morgan fingerprint density at radius 2 is 1.97 bits per heavy atom. The van der Waals surface area contributed by atoms with Gasteiger partial charge in [0.2, 0.25) is 11.8 Å². The number of benzene rings is 1. The topological polar surface area (TPSA) is 86.2 Å². The van der Waals surface area contributed by atoms with Crippen LogP contribution in [0, 0.1) is 23.6 Å². The lowest BCUT2D eigenvalue weighted by Crippen LogP contribution is -2.36. The number of nitrogens with one attached hydrogen (secondary N) is 1. The molecule has 2 fully saturated rings. The molecule has 2 aliphatic carbocycles. The zero-order valence-electron chi connectivity index (χ0n) is 17.3. The van der Waals surface area contributed by atoms with Crippen molar-refractivity contribution in [3.63, 3.8) is 0 Å². The van der Waals surface area contributed by atoms with Crippen LogP contribution in [0.4, 0.5) is 4.39 Å². The summed E-state index contributed by atoms with van der Waals surface area (Å²) in [4.78, 5) is 25.0. The van der Waals surface area contributed by atoms with Crippen molar-refractivity contribution in [2.75, 3.05) is 7.11 Å². The van der Waals surface area contributed by atoms with Gasteiger partial charge in [-0.15, -0.1) is 0 Å². The first kappa shape index (κ1) is 19.7. The van der Waals surface area contributed by atoms with E-state index in [1.807, 2.05) is 0 Å². The molecule has 8 heteroatoms. The number of amides is 1. The van der Waals surface area contributed by atoms with Gasteiger partial charge in [0.05, 0.1) is 23.6 Å². The van der Waals surface area contributed by atoms with Crippen LogP contribution < -0.4 is 14.8 Å². The van der Waals surface area contributed by atoms with Crippen LogP contribution >= 0.6 is 0 Å². The second-order valence-corrected chi connectivity index (χ2v) is 8.31. The van der Waals surface area contributed by atoms with Crippen molar-refractivity contribution in [3.8, 4) is 11.8 Å². The van der Waals surface area contributed by atoms with Crippen LogP contribution in [0.3, 0.4) is 0 Å². The Morgan fingerprint density at radius 3 is 2.68 bits per heavy atom. The van der Waals surface area contributed by atoms with Gasteiger partial charge in [0.15, 0.2) is 0 Å². The number of fused-ring (bicyclic) bond motifs is 2. The van der Waals surface area contributed by atoms with Crippen molar-refractivity contribution in [2.45, 2.75) is 31.9 Å². The third kappa shape index (κ3) is 3.78. The van der Waals surface area contributed by atoms with Crippen molar-refractivity contribution in [2.24, 2.45) is 17.8 Å². The van der Waals surface area contributed by atoms with Crippen LogP contribution in [-0.4, -0.2) is 40.1 Å². The molecule has 0 radical (unpaired) electrons. The molecule has 0 spiro atoms. The third-order valence-corrected chi connectivity index (χ3v) is 6.45. The van der Waals surface area contributed by atoms with Crippen LogP contribution in [0.2, 0.25) is 0 Å². The second-order valence-electron chi connectivity index (χ2n) is 8.31. The summed E-state index contributed by atoms with van der Waals surface area (Å²) in [5.41, 5.74) is 1.18. The smallest absolute Gasteiger partial charge is 0.253 e. The average molecular weight is 422 g/mol. The molecule has 2 aromatic heterocycles. The summed E-state index contributed by atoms with van der Waals surface area (Å²) in [6.45, 7) is 2.05. The molecule has 0 bridgehead atoms. The van der Waals surface area contributed by atoms with Crippen molar-refractivity contribution in [1.82, 2.24) is 20.3 Å². The SMILES string of the molecule is COc1ccc(C(=O)NC(C)C2[C@H]3CC(Oc4ncnc5ccc(F)cc45)C[C@@H]23)cn1. The number of pyridine rings is 1. The Morgan fingerprint density at radius 1 is 1.16 bits per heavy atom. The van der Waals surface area contributed by atoms with Crippen molar-refractivity contribution in [1.29, 1.82) is 0 Å². The minimum absolute atomic E-state index is 0.0429. The molecule has 2 aliphatic rings. The first-order valence-corrected chi connectivity index (χ1v) is 10.4. The van der Waals surface area contributed by atoms with E-state index < -0.39 is 0 Å². The maximum Gasteiger partial charge on any atom is 0.253 e. The van der Waals surface area contributed by atoms with Gasteiger partial charge in [-0.25, -0.2) is 19.3 Å². The van der Waals surface area contributed by atoms with Gasteiger partial charge >= 0.3 is 0 Å². The summed E-state index contributed by atoms with van der Waals surface area (Å²) >= 11 is 0. The highest BCUT2D eigenvalue weighted by Crippen LogP contribution is 2.59. The minimum atomic E-state index is -0.335. The number of halogens is 1. The Hall–Kier alpha value is -3.29. The Kier molecular flexibility index (Phi) is 4.92. The van der Waals surface area contributed by atoms with Gasteiger partial charge in [-0.05, 0) is 61.8 Å². The summed E-state index contributed by atoms with van der Waals surface area (Å²) in [6.07, 6.45) is 4.81. The number of ether oxygens (including phenoxy) is 2. The van der Waals surface area contributed by atoms with E-state index in [1.165, 1.54) is 24.7 Å². The Balaban J connectivity index is 1.18. The summed E-state index contributed by atoms with van der Waals surface area (Å²) < 4.78 is 24.8. The summed E-state index contributed by atoms with van der Waals surface area (Å²) in [7, 11) is 1.54. The molecule has 1 amide bonds. The molecule has 1 aromatic carbocycles. The molecule has 31 heavy (non-hydrogen) atoms. The first-order valence-electron chi connectivity index (χ1n) is 10.4. The molecule has 3 aromatic rings. The number of nitrogens with zero attached hydrogens (tertiary/aromatic N) is 3. The van der Waals surface area contributed by atoms with E-state index in [-0.39, 0.29) is 23.9 Å². The molecule has 0 saturated heterocycles. The summed E-state index contributed by atoms with van der Waals surface area (Å²) in [5.74, 6) is 1.91. The Bertz CT molecular complexity index is 1110. The van der Waals surface area contributed by atoms with E-state index >= 15 is 0 Å². The second kappa shape index (κ2) is 7.76. The first-order chi connectivity index (χ1) is 15.0. The minimum Gasteiger partial charge on any atom is -0.481 e. The van der Waals surface area contributed by atoms with Crippen LogP contribution in [-0.2, 0) is 0 Å². The number of hydrogen-bond acceptors (Lipinski definition) is 6. The largest absolute Gasteiger partial charge is 0.481 e. The highest BCUT2D eigenvalue weighted by molar-refractivity contribution is 5.94. The van der Waals surface area contributed by atoms with Gasteiger partial charge in [-0.2, -0.15) is 0 Å². The third-order valence-electron chi connectivity index (χ3n) is 6.45. The van der Waals surface area contributed by atoms with Crippen molar-refractivity contribution >= 4 is 16.8 Å². The zero-order chi connectivity index (χ0) is 21.5. The molecule has 2 heterocycles. The molecule has 5 rings (SSSR count). The van der Waals surface area contributed by atoms with E-state index in [0.29, 0.717) is 46.0 Å². The molecule has 1 N–H and O–H groups in total. The van der Waals surface area contributed by atoms with Gasteiger partial charge < -0.3 is 14.8 Å². The van der Waals surface area contributed by atoms with Crippen molar-refractivity contribution < 1.29 is 18.7 Å². The van der Waals surface area contributed by atoms with E-state index in [2.05, 4.69) is 27.2 Å². The number of carbonyl (C=O) groups is 1. The lowest BCUT2D eigenvalue weighted by atomic mass is 10.0. The Labute approximate surface area is 179 Å². The van der Waals surface area contributed by atoms with Gasteiger partial charge in [0, 0.05) is 18.3 Å². The molecular formula is C23H23FN4O3. The number of aromatic nitrogens is 3. The standard InChI is InChI=1S/C23H23FN4O3/c1-12(28-22(29)13-3-6-20(30-2)25-10-13)21-16-8-15(9-17(16)21)31-23-18-7-14(24)4-5-19(18)26-11-27-23/h3-7,10-12,15-17,21H,8-9H2,1-2H3,(H,28,29)/t12?,15?,16-,17+,21?. The van der Waals surface area contributed by atoms with Crippen LogP contribution in [0.25, 0.3) is 10.9 Å². The molecule has 0 aliphatic heterocycles. The normalized spacial score (nSPS) is 25.0. The van der Waals surface area contributed by atoms with E-state index in [4.69, 9.17) is 9.47 Å². The molecular weight excluding hydrogens is 399 g/mol. The fourth-order valence-electron chi connectivity index (χ4n) is 4.96. The zero-order valence-corrected chi connectivity index (χ0v) is 17.3. The van der Waals surface area contributed by atoms with Gasteiger partial charge in [0.25, 0.3) is 5.91 Å². The van der Waals surface area contributed by atoms with Gasteiger partial charge in [-0.3, -0.25) is 4.79 Å². The van der Waals surface area contributed by atoms with E-state index in [1.54, 1.807) is 25.3 Å². The predicted molar refractivity (Wildman–Crippen MR) is 111 cm³/mol. The predicted octanol–water partition coefficient (Wildman–Crippen LogP) is 3.39. The maximum atomic E-state index is 13.6. The summed E-state index contributed by atoms with van der Waals surface area (Å²) in [5, 5.41) is 3.69. The highest BCUT2D eigenvalue weighted by atomic mass is 19.1.